The van der Waals surface area contributed by atoms with Crippen molar-refractivity contribution in [2.24, 2.45) is 0 Å². The van der Waals surface area contributed by atoms with Crippen molar-refractivity contribution in [2.45, 2.75) is 0 Å². The average molecular weight is 662 g/mol. The molecule has 1 heteroatoms. The highest BCUT2D eigenvalue weighted by molar-refractivity contribution is 6.25. The van der Waals surface area contributed by atoms with Gasteiger partial charge in [0.05, 0.1) is 20.6 Å². The van der Waals surface area contributed by atoms with Crippen LogP contribution in [-0.4, -0.2) is 0 Å². The normalized spacial score (nSPS) is 16.0. The Hall–Kier alpha value is -6.70. The van der Waals surface area contributed by atoms with Crippen molar-refractivity contribution < 1.29 is 25.0 Å². The third kappa shape index (κ3) is 4.22. The van der Waals surface area contributed by atoms with Gasteiger partial charge in [0, 0.05) is 10.8 Å². The summed E-state index contributed by atoms with van der Waals surface area (Å²) in [5, 5.41) is 3.52. The molecule has 11 aromatic rings. The molecule has 0 saturated heterocycles. The summed E-state index contributed by atoms with van der Waals surface area (Å²) in [6.45, 7) is 0. The highest BCUT2D eigenvalue weighted by atomic mass is 16.3. The maximum atomic E-state index is 9.52. The molecule has 1 heterocycles. The molecule has 11 rings (SSSR count). The van der Waals surface area contributed by atoms with Gasteiger partial charge in [0.15, 0.2) is 0 Å². The van der Waals surface area contributed by atoms with E-state index >= 15 is 0 Å². The molecule has 236 valence electrons. The van der Waals surface area contributed by atoms with Crippen LogP contribution in [0, 0.1) is 0 Å². The zero-order valence-corrected chi connectivity index (χ0v) is 26.6. The molecule has 0 fully saturated rings. The van der Waals surface area contributed by atoms with Crippen LogP contribution in [0.25, 0.3) is 109 Å². The lowest BCUT2D eigenvalue weighted by Gasteiger charge is -2.19. The fourth-order valence-electron chi connectivity index (χ4n) is 7.54. The minimum atomic E-state index is -0.739. The van der Waals surface area contributed by atoms with E-state index in [1.54, 1.807) is 6.07 Å². The van der Waals surface area contributed by atoms with Crippen LogP contribution < -0.4 is 0 Å². The molecule has 0 atom stereocenters. The van der Waals surface area contributed by atoms with Crippen molar-refractivity contribution in [2.75, 3.05) is 0 Å². The van der Waals surface area contributed by atoms with Gasteiger partial charge in [-0.1, -0.05) is 157 Å². The van der Waals surface area contributed by atoms with E-state index in [1.807, 2.05) is 84.9 Å². The molecule has 0 amide bonds. The van der Waals surface area contributed by atoms with E-state index in [-0.39, 0.29) is 32.7 Å². The van der Waals surface area contributed by atoms with Gasteiger partial charge in [-0.25, -0.2) is 0 Å². The van der Waals surface area contributed by atoms with Crippen molar-refractivity contribution >= 4 is 75.8 Å². The number of benzene rings is 10. The minimum Gasteiger partial charge on any atom is -0.456 e. The van der Waals surface area contributed by atoms with Gasteiger partial charge >= 0.3 is 0 Å². The summed E-state index contributed by atoms with van der Waals surface area (Å²) in [6.07, 6.45) is 0. The Labute approximate surface area is 315 Å². The van der Waals surface area contributed by atoms with E-state index in [0.29, 0.717) is 22.1 Å². The third-order valence-corrected chi connectivity index (χ3v) is 9.72. The lowest BCUT2D eigenvalue weighted by atomic mass is 9.84. The number of hydrogen-bond acceptors (Lipinski definition) is 1. The summed E-state index contributed by atoms with van der Waals surface area (Å²) >= 11 is 0. The summed E-state index contributed by atoms with van der Waals surface area (Å²) in [4.78, 5) is 0. The maximum absolute atomic E-state index is 9.52. The molecule has 0 aliphatic heterocycles. The van der Waals surface area contributed by atoms with Crippen molar-refractivity contribution in [3.63, 3.8) is 0 Å². The van der Waals surface area contributed by atoms with Crippen molar-refractivity contribution in [1.29, 1.82) is 0 Å². The Balaban J connectivity index is 1.33. The summed E-state index contributed by atoms with van der Waals surface area (Å²) in [5.41, 5.74) is 2.48. The summed E-state index contributed by atoms with van der Waals surface area (Å²) in [6, 6.07) is 18.9. The molecule has 51 heavy (non-hydrogen) atoms. The highest BCUT2D eigenvalue weighted by Crippen LogP contribution is 2.46. The standard InChI is InChI=1S/C50H30O/c1-2-13-34-29-35(25-23-31(34)11-1)47-40-16-5-7-18-42(40)48(43-19-8-6-17-41(43)47)36-26-24-33-14-9-20-38(44(33)30-36)39-21-10-22-45-50(39)49-37-15-4-3-12-32(37)27-28-46(49)51-45/h1-30H/i1D,2D,5D,6D,7D,8D,11D,13D,16D,17D,18D,19D,23D,25D,29D. The van der Waals surface area contributed by atoms with Crippen LogP contribution in [0.2, 0.25) is 0 Å². The van der Waals surface area contributed by atoms with E-state index in [9.17, 15) is 8.22 Å². The topological polar surface area (TPSA) is 13.1 Å². The predicted octanol–water partition coefficient (Wildman–Crippen LogP) is 14.4. The van der Waals surface area contributed by atoms with E-state index in [1.165, 1.54) is 0 Å². The van der Waals surface area contributed by atoms with Crippen LogP contribution in [0.15, 0.2) is 186 Å². The van der Waals surface area contributed by atoms with Crippen molar-refractivity contribution in [3.05, 3.63) is 182 Å². The first kappa shape index (κ1) is 17.3. The lowest BCUT2D eigenvalue weighted by molar-refractivity contribution is 0.669. The molecule has 1 aromatic heterocycles. The van der Waals surface area contributed by atoms with Gasteiger partial charge in [0.25, 0.3) is 0 Å². The first-order valence-corrected chi connectivity index (χ1v) is 16.4. The number of rotatable bonds is 3. The Morgan fingerprint density at radius 3 is 1.78 bits per heavy atom. The van der Waals surface area contributed by atoms with Gasteiger partial charge < -0.3 is 4.42 Å². The summed E-state index contributed by atoms with van der Waals surface area (Å²) < 4.78 is 142. The van der Waals surface area contributed by atoms with Gasteiger partial charge in [0.2, 0.25) is 0 Å². The summed E-state index contributed by atoms with van der Waals surface area (Å²) in [5.74, 6) is 0. The predicted molar refractivity (Wildman–Crippen MR) is 218 cm³/mol. The van der Waals surface area contributed by atoms with Crippen LogP contribution >= 0.6 is 0 Å². The Morgan fingerprint density at radius 2 is 0.980 bits per heavy atom. The zero-order chi connectivity index (χ0) is 46.5. The maximum Gasteiger partial charge on any atom is 0.136 e. The fourth-order valence-corrected chi connectivity index (χ4v) is 7.54. The smallest absolute Gasteiger partial charge is 0.136 e. The Morgan fingerprint density at radius 1 is 0.373 bits per heavy atom. The van der Waals surface area contributed by atoms with Gasteiger partial charge in [-0.15, -0.1) is 0 Å². The monoisotopic (exact) mass is 661 g/mol. The van der Waals surface area contributed by atoms with Crippen LogP contribution in [0.1, 0.15) is 20.6 Å². The molecule has 0 N–H and O–H groups in total. The third-order valence-electron chi connectivity index (χ3n) is 9.72. The second kappa shape index (κ2) is 10.9. The molecule has 0 spiro atoms. The Bertz CT molecular complexity index is 3980. The molecular weight excluding hydrogens is 617 g/mol. The minimum absolute atomic E-state index is 0.0317. The van der Waals surface area contributed by atoms with Crippen LogP contribution in [-0.2, 0) is 0 Å². The molecule has 0 aliphatic rings. The molecule has 0 saturated carbocycles. The van der Waals surface area contributed by atoms with Crippen LogP contribution in [0.4, 0.5) is 0 Å². The van der Waals surface area contributed by atoms with Gasteiger partial charge in [0.1, 0.15) is 11.2 Å². The molecule has 0 aliphatic carbocycles. The van der Waals surface area contributed by atoms with Crippen molar-refractivity contribution in [1.82, 2.24) is 0 Å². The Kier molecular flexibility index (Phi) is 3.70. The average Bonchev–Trinajstić information content (AvgIpc) is 3.72. The van der Waals surface area contributed by atoms with Crippen LogP contribution in [0.3, 0.4) is 0 Å². The lowest BCUT2D eigenvalue weighted by Crippen LogP contribution is -1.91. The van der Waals surface area contributed by atoms with Crippen molar-refractivity contribution in [3.8, 4) is 33.4 Å². The second-order valence-electron chi connectivity index (χ2n) is 12.4. The van der Waals surface area contributed by atoms with Gasteiger partial charge in [-0.2, -0.15) is 0 Å². The molecular formula is C50H30O. The fraction of sp³-hybridized carbons (Fsp3) is 0. The van der Waals surface area contributed by atoms with Gasteiger partial charge in [-0.3, -0.25) is 0 Å². The van der Waals surface area contributed by atoms with Gasteiger partial charge in [-0.05, 0) is 111 Å². The molecule has 10 aromatic carbocycles. The van der Waals surface area contributed by atoms with E-state index < -0.39 is 107 Å². The number of hydrogen-bond donors (Lipinski definition) is 0. The van der Waals surface area contributed by atoms with Crippen LogP contribution in [0.5, 0.6) is 0 Å². The largest absolute Gasteiger partial charge is 0.456 e. The SMILES string of the molecule is [2H]c1c([2H])c([2H])c2c([2H])c(-c3c4c([2H])c([2H])c([2H])c([2H])c4c(-c4ccc5cccc(-c6cccc7oc8ccc9ccccc9c8c67)c5c4)c4c([2H])c([2H])c([2H])c([2H])c34)c([2H])c([2H])c2c1[2H]. The summed E-state index contributed by atoms with van der Waals surface area (Å²) in [7, 11) is 0. The first-order chi connectivity index (χ1) is 31.5. The first-order valence-electron chi connectivity index (χ1n) is 23.9. The van der Waals surface area contributed by atoms with E-state index in [4.69, 9.17) is 16.8 Å². The second-order valence-corrected chi connectivity index (χ2v) is 12.4. The molecule has 0 radical (unpaired) electrons. The zero-order valence-electron chi connectivity index (χ0n) is 41.6. The molecule has 0 unspecified atom stereocenters. The van der Waals surface area contributed by atoms with E-state index in [0.717, 1.165) is 38.1 Å². The number of furan rings is 1. The van der Waals surface area contributed by atoms with E-state index in [2.05, 4.69) is 0 Å². The highest BCUT2D eigenvalue weighted by Gasteiger charge is 2.19. The molecule has 0 bridgehead atoms. The number of fused-ring (bicyclic) bond motifs is 9. The molecule has 1 nitrogen and oxygen atoms in total. The quantitative estimate of drug-likeness (QED) is 0.172.